The van der Waals surface area contributed by atoms with Crippen LogP contribution in [0.5, 0.6) is 11.5 Å². The number of hydrogen-bond acceptors (Lipinski definition) is 2. The molecule has 0 amide bonds. The highest BCUT2D eigenvalue weighted by Gasteiger charge is 2.16. The van der Waals surface area contributed by atoms with E-state index in [-0.39, 0.29) is 11.5 Å². The van der Waals surface area contributed by atoms with E-state index in [0.29, 0.717) is 11.1 Å². The maximum atomic E-state index is 10.8. The zero-order valence-corrected chi connectivity index (χ0v) is 13.5. The topological polar surface area (TPSA) is 40.5 Å². The van der Waals surface area contributed by atoms with Crippen LogP contribution in [0.3, 0.4) is 0 Å². The Morgan fingerprint density at radius 3 is 2.00 bits per heavy atom. The van der Waals surface area contributed by atoms with Crippen LogP contribution in [0.2, 0.25) is 0 Å². The van der Waals surface area contributed by atoms with Gasteiger partial charge in [0, 0.05) is 21.9 Å². The molecule has 4 aromatic carbocycles. The minimum atomic E-state index is 0.192. The minimum absolute atomic E-state index is 0.192. The van der Waals surface area contributed by atoms with Crippen LogP contribution in [0.25, 0.3) is 32.7 Å². The molecule has 0 aliphatic rings. The lowest BCUT2D eigenvalue weighted by Crippen LogP contribution is -1.99. The Kier molecular flexibility index (Phi) is 3.21. The van der Waals surface area contributed by atoms with Gasteiger partial charge in [-0.15, -0.1) is 9.24 Å². The Morgan fingerprint density at radius 2 is 1.26 bits per heavy atom. The van der Waals surface area contributed by atoms with Gasteiger partial charge in [0.1, 0.15) is 11.5 Å². The summed E-state index contributed by atoms with van der Waals surface area (Å²) in [5.41, 5.74) is 1.29. The molecule has 2 nitrogen and oxygen atoms in total. The number of benzene rings is 4. The van der Waals surface area contributed by atoms with Gasteiger partial charge in [-0.3, -0.25) is 0 Å². The van der Waals surface area contributed by atoms with Crippen molar-refractivity contribution in [1.82, 2.24) is 0 Å². The van der Waals surface area contributed by atoms with Crippen molar-refractivity contribution < 1.29 is 10.2 Å². The van der Waals surface area contributed by atoms with Crippen molar-refractivity contribution >= 4 is 36.1 Å². The molecule has 0 fully saturated rings. The summed E-state index contributed by atoms with van der Waals surface area (Å²) < 4.78 is 0. The zero-order valence-electron chi connectivity index (χ0n) is 12.3. The maximum Gasteiger partial charge on any atom is 0.131 e. The molecule has 1 unspecified atom stereocenters. The van der Waals surface area contributed by atoms with Gasteiger partial charge < -0.3 is 10.2 Å². The number of phenols is 2. The van der Waals surface area contributed by atoms with E-state index in [0.717, 1.165) is 26.8 Å². The lowest BCUT2D eigenvalue weighted by Gasteiger charge is -2.14. The van der Waals surface area contributed by atoms with Crippen LogP contribution < -0.4 is 5.30 Å². The molecule has 0 aliphatic carbocycles. The van der Waals surface area contributed by atoms with E-state index < -0.39 is 0 Å². The van der Waals surface area contributed by atoms with Gasteiger partial charge in [0.15, 0.2) is 0 Å². The summed E-state index contributed by atoms with van der Waals surface area (Å²) in [5.74, 6) is 0.385. The van der Waals surface area contributed by atoms with Crippen LogP contribution in [0.4, 0.5) is 0 Å². The molecule has 4 aromatic rings. The first-order valence-electron chi connectivity index (χ1n) is 7.38. The summed E-state index contributed by atoms with van der Waals surface area (Å²) in [4.78, 5) is 0. The normalized spacial score (nSPS) is 11.2. The van der Waals surface area contributed by atoms with Crippen LogP contribution in [0.15, 0.2) is 66.7 Å². The first-order valence-corrected chi connectivity index (χ1v) is 7.96. The van der Waals surface area contributed by atoms with Gasteiger partial charge in [0.25, 0.3) is 0 Å². The van der Waals surface area contributed by atoms with Crippen LogP contribution in [-0.2, 0) is 0 Å². The van der Waals surface area contributed by atoms with Crippen LogP contribution in [0, 0.1) is 0 Å². The highest BCUT2D eigenvalue weighted by Crippen LogP contribution is 2.42. The summed E-state index contributed by atoms with van der Waals surface area (Å²) >= 11 is 0. The number of phenolic OH excluding ortho intramolecular Hbond substituents is 2. The zero-order chi connectivity index (χ0) is 16.0. The van der Waals surface area contributed by atoms with E-state index in [1.54, 1.807) is 0 Å². The van der Waals surface area contributed by atoms with Gasteiger partial charge in [-0.25, -0.2) is 0 Å². The third-order valence-corrected chi connectivity index (χ3v) is 4.68. The Balaban J connectivity index is 2.08. The predicted octanol–water partition coefficient (Wildman–Crippen LogP) is 4.57. The van der Waals surface area contributed by atoms with E-state index in [1.165, 1.54) is 0 Å². The molecule has 1 atom stereocenters. The molecule has 0 spiro atoms. The van der Waals surface area contributed by atoms with E-state index in [1.807, 2.05) is 66.7 Å². The van der Waals surface area contributed by atoms with E-state index >= 15 is 0 Å². The molecule has 0 saturated carbocycles. The minimum Gasteiger partial charge on any atom is -0.507 e. The SMILES string of the molecule is Oc1c(-c2c(P)cc3ccccc3c2O)ccc2ccccc12. The molecule has 23 heavy (non-hydrogen) atoms. The van der Waals surface area contributed by atoms with Crippen molar-refractivity contribution in [2.75, 3.05) is 0 Å². The average Bonchev–Trinajstić information content (AvgIpc) is 2.57. The molecule has 2 N–H and O–H groups in total. The van der Waals surface area contributed by atoms with Crippen molar-refractivity contribution in [2.24, 2.45) is 0 Å². The van der Waals surface area contributed by atoms with E-state index in [9.17, 15) is 10.2 Å². The smallest absolute Gasteiger partial charge is 0.131 e. The molecule has 3 heteroatoms. The lowest BCUT2D eigenvalue weighted by molar-refractivity contribution is 0.476. The Hall–Kier alpha value is -2.57. The molecule has 0 saturated heterocycles. The van der Waals surface area contributed by atoms with Gasteiger partial charge in [0.2, 0.25) is 0 Å². The van der Waals surface area contributed by atoms with Gasteiger partial charge >= 0.3 is 0 Å². The molecule has 4 rings (SSSR count). The average molecular weight is 318 g/mol. The second kappa shape index (κ2) is 5.26. The van der Waals surface area contributed by atoms with Crippen LogP contribution >= 0.6 is 9.24 Å². The fourth-order valence-corrected chi connectivity index (χ4v) is 3.56. The highest BCUT2D eigenvalue weighted by molar-refractivity contribution is 7.28. The van der Waals surface area contributed by atoms with Gasteiger partial charge in [-0.1, -0.05) is 54.6 Å². The largest absolute Gasteiger partial charge is 0.507 e. The predicted molar refractivity (Wildman–Crippen MR) is 99.6 cm³/mol. The monoisotopic (exact) mass is 318 g/mol. The molecular weight excluding hydrogens is 303 g/mol. The number of rotatable bonds is 1. The van der Waals surface area contributed by atoms with E-state index in [2.05, 4.69) is 9.24 Å². The van der Waals surface area contributed by atoms with Crippen LogP contribution in [0.1, 0.15) is 0 Å². The first kappa shape index (κ1) is 14.0. The van der Waals surface area contributed by atoms with E-state index in [4.69, 9.17) is 0 Å². The van der Waals surface area contributed by atoms with Crippen molar-refractivity contribution in [3.63, 3.8) is 0 Å². The molecule has 112 valence electrons. The molecule has 0 bridgehead atoms. The summed E-state index contributed by atoms with van der Waals surface area (Å²) in [5, 5.41) is 25.8. The molecule has 0 radical (unpaired) electrons. The van der Waals surface area contributed by atoms with Crippen molar-refractivity contribution in [3.8, 4) is 22.6 Å². The summed E-state index contributed by atoms with van der Waals surface area (Å²) in [6.07, 6.45) is 0. The summed E-state index contributed by atoms with van der Waals surface area (Å²) in [6, 6.07) is 21.2. The number of aromatic hydroxyl groups is 2. The second-order valence-corrected chi connectivity index (χ2v) is 6.22. The van der Waals surface area contributed by atoms with Crippen molar-refractivity contribution in [2.45, 2.75) is 0 Å². The molecular formula is C20H15O2P. The highest BCUT2D eigenvalue weighted by atomic mass is 31.0. The number of fused-ring (bicyclic) bond motifs is 2. The van der Waals surface area contributed by atoms with Gasteiger partial charge in [0.05, 0.1) is 0 Å². The maximum absolute atomic E-state index is 10.8. The van der Waals surface area contributed by atoms with Crippen LogP contribution in [-0.4, -0.2) is 10.2 Å². The Labute approximate surface area is 136 Å². The van der Waals surface area contributed by atoms with Gasteiger partial charge in [-0.2, -0.15) is 0 Å². The Bertz CT molecular complexity index is 1050. The molecule has 0 heterocycles. The number of hydrogen-bond donors (Lipinski definition) is 2. The fraction of sp³-hybridized carbons (Fsp3) is 0. The standard InChI is InChI=1S/C20H15O2P/c21-19-14-7-3-1-5-12(14)9-10-16(19)18-17(23)11-13-6-2-4-8-15(13)20(18)22/h1-11,21-22H,23H2. The quantitative estimate of drug-likeness (QED) is 0.505. The Morgan fingerprint density at radius 1 is 0.652 bits per heavy atom. The first-order chi connectivity index (χ1) is 11.2. The molecule has 0 aliphatic heterocycles. The summed E-state index contributed by atoms with van der Waals surface area (Å²) in [6.45, 7) is 0. The fourth-order valence-electron chi connectivity index (χ4n) is 3.09. The van der Waals surface area contributed by atoms with Crippen molar-refractivity contribution in [1.29, 1.82) is 0 Å². The van der Waals surface area contributed by atoms with Crippen molar-refractivity contribution in [3.05, 3.63) is 66.7 Å². The molecule has 0 aromatic heterocycles. The third-order valence-electron chi connectivity index (χ3n) is 4.22. The lowest BCUT2D eigenvalue weighted by atomic mass is 9.96. The third kappa shape index (κ3) is 2.15. The summed E-state index contributed by atoms with van der Waals surface area (Å²) in [7, 11) is 2.66. The second-order valence-electron chi connectivity index (χ2n) is 5.59. The van der Waals surface area contributed by atoms with Gasteiger partial charge in [-0.05, 0) is 28.2 Å².